The predicted octanol–water partition coefficient (Wildman–Crippen LogP) is 4.07. The van der Waals surface area contributed by atoms with Crippen LogP contribution >= 0.6 is 11.8 Å². The first-order chi connectivity index (χ1) is 8.47. The normalized spacial score (nSPS) is 13.1. The predicted molar refractivity (Wildman–Crippen MR) is 75.1 cm³/mol. The fourth-order valence-electron chi connectivity index (χ4n) is 1.72. The molecule has 0 aliphatic rings. The van der Waals surface area contributed by atoms with Crippen LogP contribution in [0.5, 0.6) is 0 Å². The fraction of sp³-hybridized carbons (Fsp3) is 0.571. The van der Waals surface area contributed by atoms with Crippen LogP contribution in [-0.4, -0.2) is 17.5 Å². The van der Waals surface area contributed by atoms with Crippen LogP contribution in [-0.2, 0) is 0 Å². The zero-order valence-corrected chi connectivity index (χ0v) is 12.2. The molecule has 1 atom stereocenters. The standard InChI is InChI=1S/C14H21F2NS/c1-5-17-12(8-18-9(2)3)11-7-6-10(4)13(15)14(11)16/h6-7,9,12,17H,5,8H2,1-4H3. The Labute approximate surface area is 112 Å². The van der Waals surface area contributed by atoms with Gasteiger partial charge in [-0.25, -0.2) is 8.78 Å². The van der Waals surface area contributed by atoms with Gasteiger partial charge in [-0.1, -0.05) is 32.9 Å². The van der Waals surface area contributed by atoms with Gasteiger partial charge in [0.25, 0.3) is 0 Å². The zero-order valence-electron chi connectivity index (χ0n) is 11.4. The van der Waals surface area contributed by atoms with Crippen molar-refractivity contribution >= 4 is 11.8 Å². The summed E-state index contributed by atoms with van der Waals surface area (Å²) < 4.78 is 27.5. The van der Waals surface area contributed by atoms with Gasteiger partial charge < -0.3 is 5.32 Å². The minimum atomic E-state index is -0.732. The Morgan fingerprint density at radius 3 is 2.44 bits per heavy atom. The maximum atomic E-state index is 13.9. The van der Waals surface area contributed by atoms with Crippen LogP contribution in [0, 0.1) is 18.6 Å². The highest BCUT2D eigenvalue weighted by Gasteiger charge is 2.19. The van der Waals surface area contributed by atoms with E-state index in [9.17, 15) is 8.78 Å². The molecule has 1 nitrogen and oxygen atoms in total. The number of nitrogens with one attached hydrogen (secondary N) is 1. The van der Waals surface area contributed by atoms with Gasteiger partial charge in [0.2, 0.25) is 0 Å². The molecule has 0 saturated carbocycles. The molecule has 0 heterocycles. The largest absolute Gasteiger partial charge is 0.309 e. The molecule has 0 spiro atoms. The molecule has 1 unspecified atom stereocenters. The van der Waals surface area contributed by atoms with Crippen molar-refractivity contribution in [3.05, 3.63) is 34.9 Å². The second-order valence-electron chi connectivity index (χ2n) is 4.59. The summed E-state index contributed by atoms with van der Waals surface area (Å²) in [5.41, 5.74) is 0.774. The van der Waals surface area contributed by atoms with Gasteiger partial charge >= 0.3 is 0 Å². The summed E-state index contributed by atoms with van der Waals surface area (Å²) in [6.45, 7) is 8.47. The van der Waals surface area contributed by atoms with Crippen molar-refractivity contribution in [1.29, 1.82) is 0 Å². The lowest BCUT2D eigenvalue weighted by Gasteiger charge is -2.20. The van der Waals surface area contributed by atoms with Crippen LogP contribution in [0.2, 0.25) is 0 Å². The molecule has 0 aliphatic heterocycles. The summed E-state index contributed by atoms with van der Waals surface area (Å²) in [7, 11) is 0. The smallest absolute Gasteiger partial charge is 0.163 e. The molecule has 0 fully saturated rings. The highest BCUT2D eigenvalue weighted by Crippen LogP contribution is 2.26. The van der Waals surface area contributed by atoms with Crippen molar-refractivity contribution in [3.63, 3.8) is 0 Å². The Bertz CT molecular complexity index is 394. The molecule has 1 aromatic rings. The minimum absolute atomic E-state index is 0.141. The highest BCUT2D eigenvalue weighted by atomic mass is 32.2. The van der Waals surface area contributed by atoms with E-state index in [2.05, 4.69) is 19.2 Å². The van der Waals surface area contributed by atoms with Gasteiger partial charge in [-0.05, 0) is 24.3 Å². The first-order valence-electron chi connectivity index (χ1n) is 6.26. The number of rotatable bonds is 6. The Hall–Kier alpha value is -0.610. The van der Waals surface area contributed by atoms with Crippen LogP contribution in [0.4, 0.5) is 8.78 Å². The third-order valence-corrected chi connectivity index (χ3v) is 3.92. The van der Waals surface area contributed by atoms with Crippen LogP contribution in [0.25, 0.3) is 0 Å². The molecule has 0 radical (unpaired) electrons. The van der Waals surface area contributed by atoms with Crippen molar-refractivity contribution in [3.8, 4) is 0 Å². The maximum Gasteiger partial charge on any atom is 0.163 e. The molecular weight excluding hydrogens is 252 g/mol. The molecule has 0 aromatic heterocycles. The SMILES string of the molecule is CCNC(CSC(C)C)c1ccc(C)c(F)c1F. The summed E-state index contributed by atoms with van der Waals surface area (Å²) in [4.78, 5) is 0. The molecule has 102 valence electrons. The average molecular weight is 273 g/mol. The summed E-state index contributed by atoms with van der Waals surface area (Å²) in [6.07, 6.45) is 0. The minimum Gasteiger partial charge on any atom is -0.309 e. The third-order valence-electron chi connectivity index (χ3n) is 2.73. The number of hydrogen-bond donors (Lipinski definition) is 1. The molecule has 1 aromatic carbocycles. The van der Waals surface area contributed by atoms with Gasteiger partial charge in [0, 0.05) is 17.4 Å². The quantitative estimate of drug-likeness (QED) is 0.838. The van der Waals surface area contributed by atoms with E-state index in [-0.39, 0.29) is 6.04 Å². The van der Waals surface area contributed by atoms with Crippen molar-refractivity contribution < 1.29 is 8.78 Å². The van der Waals surface area contributed by atoms with E-state index in [0.29, 0.717) is 16.4 Å². The van der Waals surface area contributed by atoms with Crippen LogP contribution in [0.1, 0.15) is 37.9 Å². The Kier molecular flexibility index (Phi) is 6.09. The number of hydrogen-bond acceptors (Lipinski definition) is 2. The molecule has 18 heavy (non-hydrogen) atoms. The molecule has 0 bridgehead atoms. The van der Waals surface area contributed by atoms with E-state index in [0.717, 1.165) is 12.3 Å². The molecule has 1 N–H and O–H groups in total. The number of benzene rings is 1. The number of thioether (sulfide) groups is 1. The van der Waals surface area contributed by atoms with E-state index in [1.807, 2.05) is 6.92 Å². The molecule has 4 heteroatoms. The lowest BCUT2D eigenvalue weighted by molar-refractivity contribution is 0.474. The second kappa shape index (κ2) is 7.10. The number of aryl methyl sites for hydroxylation is 1. The molecule has 0 aliphatic carbocycles. The number of halogens is 2. The highest BCUT2D eigenvalue weighted by molar-refractivity contribution is 7.99. The Balaban J connectivity index is 2.94. The lowest BCUT2D eigenvalue weighted by Crippen LogP contribution is -2.25. The van der Waals surface area contributed by atoms with Crippen molar-refractivity contribution in [2.24, 2.45) is 0 Å². The van der Waals surface area contributed by atoms with Gasteiger partial charge in [0.1, 0.15) is 0 Å². The van der Waals surface area contributed by atoms with Crippen molar-refractivity contribution in [2.75, 3.05) is 12.3 Å². The van der Waals surface area contributed by atoms with Gasteiger partial charge in [-0.2, -0.15) is 11.8 Å². The zero-order chi connectivity index (χ0) is 13.7. The van der Waals surface area contributed by atoms with E-state index in [4.69, 9.17) is 0 Å². The van der Waals surface area contributed by atoms with Crippen LogP contribution in [0.15, 0.2) is 12.1 Å². The summed E-state index contributed by atoms with van der Waals surface area (Å²) in [6, 6.07) is 3.18. The van der Waals surface area contributed by atoms with Crippen LogP contribution < -0.4 is 5.32 Å². The van der Waals surface area contributed by atoms with E-state index >= 15 is 0 Å². The fourth-order valence-corrected chi connectivity index (χ4v) is 2.60. The molecular formula is C14H21F2NS. The molecule has 0 saturated heterocycles. The third kappa shape index (κ3) is 3.95. The Morgan fingerprint density at radius 2 is 1.89 bits per heavy atom. The van der Waals surface area contributed by atoms with Crippen molar-refractivity contribution in [2.45, 2.75) is 39.0 Å². The van der Waals surface area contributed by atoms with Crippen LogP contribution in [0.3, 0.4) is 0 Å². The molecule has 1 rings (SSSR count). The van der Waals surface area contributed by atoms with Gasteiger partial charge in [0.05, 0.1) is 0 Å². The van der Waals surface area contributed by atoms with E-state index in [1.165, 1.54) is 0 Å². The van der Waals surface area contributed by atoms with E-state index < -0.39 is 11.6 Å². The van der Waals surface area contributed by atoms with E-state index in [1.54, 1.807) is 30.8 Å². The first-order valence-corrected chi connectivity index (χ1v) is 7.31. The van der Waals surface area contributed by atoms with Crippen molar-refractivity contribution in [1.82, 2.24) is 5.32 Å². The topological polar surface area (TPSA) is 12.0 Å². The molecule has 0 amide bonds. The lowest BCUT2D eigenvalue weighted by atomic mass is 10.0. The van der Waals surface area contributed by atoms with Gasteiger partial charge in [0.15, 0.2) is 11.6 Å². The average Bonchev–Trinajstić information content (AvgIpc) is 2.32. The summed E-state index contributed by atoms with van der Waals surface area (Å²) in [5, 5.41) is 3.69. The van der Waals surface area contributed by atoms with Gasteiger partial charge in [-0.3, -0.25) is 0 Å². The summed E-state index contributed by atoms with van der Waals surface area (Å²) >= 11 is 1.74. The monoisotopic (exact) mass is 273 g/mol. The Morgan fingerprint density at radius 1 is 1.22 bits per heavy atom. The maximum absolute atomic E-state index is 13.9. The second-order valence-corrected chi connectivity index (χ2v) is 6.20. The summed E-state index contributed by atoms with van der Waals surface area (Å²) in [5.74, 6) is -0.708. The van der Waals surface area contributed by atoms with Gasteiger partial charge in [-0.15, -0.1) is 0 Å². The first kappa shape index (κ1) is 15.4.